The zero-order chi connectivity index (χ0) is 19.0. The SMILES string of the molecule is Cc1nc2ccc(C#C[C@@](C)(O)c3nccs3)cc2n1-c1ncnc(N)n1. The van der Waals surface area contributed by atoms with Crippen molar-refractivity contribution in [3.05, 3.63) is 52.5 Å². The lowest BCUT2D eigenvalue weighted by Gasteiger charge is -2.11. The van der Waals surface area contributed by atoms with Crippen molar-refractivity contribution >= 4 is 28.3 Å². The van der Waals surface area contributed by atoms with Crippen molar-refractivity contribution in [1.29, 1.82) is 0 Å². The molecule has 27 heavy (non-hydrogen) atoms. The average molecular weight is 377 g/mol. The van der Waals surface area contributed by atoms with Crippen LogP contribution in [0.4, 0.5) is 5.95 Å². The number of anilines is 1. The number of imidazole rings is 1. The van der Waals surface area contributed by atoms with E-state index in [2.05, 4.69) is 36.8 Å². The van der Waals surface area contributed by atoms with Gasteiger partial charge in [0, 0.05) is 17.1 Å². The highest BCUT2D eigenvalue weighted by atomic mass is 32.1. The minimum atomic E-state index is -1.32. The molecule has 0 radical (unpaired) electrons. The number of benzene rings is 1. The molecule has 0 amide bonds. The van der Waals surface area contributed by atoms with Crippen molar-refractivity contribution in [2.75, 3.05) is 5.73 Å². The van der Waals surface area contributed by atoms with Gasteiger partial charge in [-0.25, -0.2) is 19.9 Å². The number of hydrogen-bond acceptors (Lipinski definition) is 8. The van der Waals surface area contributed by atoms with Crippen LogP contribution in [0.15, 0.2) is 36.1 Å². The van der Waals surface area contributed by atoms with Gasteiger partial charge in [0.15, 0.2) is 5.60 Å². The monoisotopic (exact) mass is 377 g/mol. The van der Waals surface area contributed by atoms with Gasteiger partial charge in [-0.2, -0.15) is 4.98 Å². The Bertz CT molecular complexity index is 1190. The molecule has 3 N–H and O–H groups in total. The maximum Gasteiger partial charge on any atom is 0.240 e. The fourth-order valence-electron chi connectivity index (χ4n) is 2.64. The number of aryl methyl sites for hydroxylation is 1. The lowest BCUT2D eigenvalue weighted by Crippen LogP contribution is -2.17. The highest BCUT2D eigenvalue weighted by molar-refractivity contribution is 7.09. The van der Waals surface area contributed by atoms with Gasteiger partial charge in [-0.15, -0.1) is 11.3 Å². The molecule has 0 aliphatic rings. The molecule has 1 atom stereocenters. The maximum atomic E-state index is 10.5. The Labute approximate surface area is 158 Å². The molecule has 1 aromatic carbocycles. The zero-order valence-electron chi connectivity index (χ0n) is 14.6. The number of fused-ring (bicyclic) bond motifs is 1. The van der Waals surface area contributed by atoms with E-state index >= 15 is 0 Å². The Morgan fingerprint density at radius 2 is 2.07 bits per heavy atom. The zero-order valence-corrected chi connectivity index (χ0v) is 15.4. The van der Waals surface area contributed by atoms with Crippen LogP contribution in [0.3, 0.4) is 0 Å². The van der Waals surface area contributed by atoms with Crippen molar-refractivity contribution in [3.63, 3.8) is 0 Å². The normalized spacial score (nSPS) is 13.1. The summed E-state index contributed by atoms with van der Waals surface area (Å²) in [6, 6.07) is 5.59. The van der Waals surface area contributed by atoms with Crippen LogP contribution in [-0.4, -0.2) is 34.6 Å². The van der Waals surface area contributed by atoms with E-state index in [0.717, 1.165) is 22.4 Å². The van der Waals surface area contributed by atoms with Crippen molar-refractivity contribution in [2.45, 2.75) is 19.4 Å². The summed E-state index contributed by atoms with van der Waals surface area (Å²) in [6.45, 7) is 3.48. The summed E-state index contributed by atoms with van der Waals surface area (Å²) in [7, 11) is 0. The van der Waals surface area contributed by atoms with Crippen molar-refractivity contribution in [1.82, 2.24) is 29.5 Å². The van der Waals surface area contributed by atoms with Crippen LogP contribution >= 0.6 is 11.3 Å². The Hall–Kier alpha value is -3.35. The van der Waals surface area contributed by atoms with Gasteiger partial charge in [-0.1, -0.05) is 11.8 Å². The van der Waals surface area contributed by atoms with Crippen LogP contribution < -0.4 is 5.73 Å². The van der Waals surface area contributed by atoms with Crippen LogP contribution in [0.2, 0.25) is 0 Å². The maximum absolute atomic E-state index is 10.5. The van der Waals surface area contributed by atoms with E-state index in [1.807, 2.05) is 25.1 Å². The van der Waals surface area contributed by atoms with E-state index in [0.29, 0.717) is 11.0 Å². The van der Waals surface area contributed by atoms with Gasteiger partial charge in [-0.3, -0.25) is 4.57 Å². The molecule has 0 saturated heterocycles. The third-order valence-corrected chi connectivity index (χ3v) is 4.88. The number of nitrogens with zero attached hydrogens (tertiary/aromatic N) is 6. The first-order valence-corrected chi connectivity index (χ1v) is 8.91. The van der Waals surface area contributed by atoms with Crippen LogP contribution in [0.25, 0.3) is 17.0 Å². The molecule has 0 aliphatic heterocycles. The standard InChI is InChI=1S/C18H15N7OS/c1-11-23-13-4-3-12(5-6-18(2,26)15-20-7-8-27-15)9-14(13)25(11)17-22-10-21-16(19)24-17/h3-4,7-10,26H,1-2H3,(H2,19,21,22,24)/t18-/m1/s1. The number of hydrogen-bond donors (Lipinski definition) is 2. The number of aromatic nitrogens is 6. The van der Waals surface area contributed by atoms with Gasteiger partial charge in [0.05, 0.1) is 11.0 Å². The fraction of sp³-hybridized carbons (Fsp3) is 0.167. The molecule has 0 fully saturated rings. The summed E-state index contributed by atoms with van der Waals surface area (Å²) >= 11 is 1.36. The molecule has 9 heteroatoms. The summed E-state index contributed by atoms with van der Waals surface area (Å²) in [5.74, 6) is 7.14. The van der Waals surface area contributed by atoms with Gasteiger partial charge in [0.25, 0.3) is 0 Å². The van der Waals surface area contributed by atoms with E-state index in [1.165, 1.54) is 17.7 Å². The second-order valence-corrected chi connectivity index (χ2v) is 6.90. The van der Waals surface area contributed by atoms with Gasteiger partial charge >= 0.3 is 0 Å². The number of nitrogens with two attached hydrogens (primary N) is 1. The first-order valence-electron chi connectivity index (χ1n) is 8.03. The average Bonchev–Trinajstić information content (AvgIpc) is 3.27. The molecule has 4 aromatic rings. The summed E-state index contributed by atoms with van der Waals surface area (Å²) in [5.41, 5.74) is 6.66. The largest absolute Gasteiger partial charge is 0.371 e. The predicted octanol–water partition coefficient (Wildman–Crippen LogP) is 1.82. The van der Waals surface area contributed by atoms with Gasteiger partial charge in [0.2, 0.25) is 11.9 Å². The lowest BCUT2D eigenvalue weighted by molar-refractivity contribution is 0.122. The first kappa shape index (κ1) is 17.1. The molecular formula is C18H15N7OS. The van der Waals surface area contributed by atoms with E-state index in [4.69, 9.17) is 5.73 Å². The van der Waals surface area contributed by atoms with E-state index < -0.39 is 5.60 Å². The van der Waals surface area contributed by atoms with Gasteiger partial charge in [-0.05, 0) is 32.0 Å². The van der Waals surface area contributed by atoms with E-state index in [-0.39, 0.29) is 5.95 Å². The minimum absolute atomic E-state index is 0.136. The summed E-state index contributed by atoms with van der Waals surface area (Å²) < 4.78 is 1.79. The fourth-order valence-corrected chi connectivity index (χ4v) is 3.30. The number of rotatable bonds is 2. The quantitative estimate of drug-likeness (QED) is 0.512. The molecular weight excluding hydrogens is 362 g/mol. The van der Waals surface area contributed by atoms with Gasteiger partial charge in [0.1, 0.15) is 17.2 Å². The molecule has 134 valence electrons. The Morgan fingerprint density at radius 1 is 1.22 bits per heavy atom. The van der Waals surface area contributed by atoms with Crippen LogP contribution in [0, 0.1) is 18.8 Å². The number of thiazole rings is 1. The molecule has 0 bridgehead atoms. The first-order chi connectivity index (χ1) is 12.9. The second kappa shape index (κ2) is 6.42. The summed E-state index contributed by atoms with van der Waals surface area (Å²) in [6.07, 6.45) is 3.00. The van der Waals surface area contributed by atoms with E-state index in [9.17, 15) is 5.11 Å². The third-order valence-electron chi connectivity index (χ3n) is 3.90. The second-order valence-electron chi connectivity index (χ2n) is 6.00. The lowest BCUT2D eigenvalue weighted by atomic mass is 10.1. The smallest absolute Gasteiger partial charge is 0.240 e. The minimum Gasteiger partial charge on any atom is -0.371 e. The molecule has 3 aromatic heterocycles. The third kappa shape index (κ3) is 3.23. The molecule has 8 nitrogen and oxygen atoms in total. The Kier molecular flexibility index (Phi) is 4.07. The molecule has 0 saturated carbocycles. The number of nitrogen functional groups attached to an aromatic ring is 1. The Morgan fingerprint density at radius 3 is 2.81 bits per heavy atom. The Balaban J connectivity index is 1.79. The highest BCUT2D eigenvalue weighted by Gasteiger charge is 2.22. The van der Waals surface area contributed by atoms with Crippen LogP contribution in [0.1, 0.15) is 23.3 Å². The van der Waals surface area contributed by atoms with Crippen molar-refractivity contribution < 1.29 is 5.11 Å². The van der Waals surface area contributed by atoms with Crippen LogP contribution in [-0.2, 0) is 5.60 Å². The van der Waals surface area contributed by atoms with Crippen molar-refractivity contribution in [3.8, 4) is 17.8 Å². The number of aliphatic hydroxyl groups is 1. The molecule has 0 unspecified atom stereocenters. The molecule has 3 heterocycles. The van der Waals surface area contributed by atoms with Gasteiger partial charge < -0.3 is 10.8 Å². The predicted molar refractivity (Wildman–Crippen MR) is 102 cm³/mol. The summed E-state index contributed by atoms with van der Waals surface area (Å²) in [5, 5.41) is 12.9. The molecule has 4 rings (SSSR count). The molecule has 0 spiro atoms. The van der Waals surface area contributed by atoms with Crippen LogP contribution in [0.5, 0.6) is 0 Å². The van der Waals surface area contributed by atoms with E-state index in [1.54, 1.807) is 23.1 Å². The van der Waals surface area contributed by atoms with Crippen molar-refractivity contribution in [2.24, 2.45) is 0 Å². The summed E-state index contributed by atoms with van der Waals surface area (Å²) in [4.78, 5) is 20.8. The topological polar surface area (TPSA) is 116 Å². The highest BCUT2D eigenvalue weighted by Crippen LogP contribution is 2.23. The molecule has 0 aliphatic carbocycles.